The van der Waals surface area contributed by atoms with Gasteiger partial charge in [-0.05, 0) is 135 Å². The van der Waals surface area contributed by atoms with Crippen molar-refractivity contribution in [1.29, 1.82) is 0 Å². The van der Waals surface area contributed by atoms with E-state index in [9.17, 15) is 24.3 Å². The van der Waals surface area contributed by atoms with Gasteiger partial charge in [0.1, 0.15) is 11.9 Å². The zero-order valence-electron chi connectivity index (χ0n) is 33.8. The van der Waals surface area contributed by atoms with Crippen molar-refractivity contribution in [3.8, 4) is 0 Å². The summed E-state index contributed by atoms with van der Waals surface area (Å²) in [5.41, 5.74) is 0.516. The van der Waals surface area contributed by atoms with Gasteiger partial charge in [0.15, 0.2) is 5.78 Å². The number of Topliss-reactive ketones (excluding diaryl/α,β-unsaturated/α-hetero) is 1. The first kappa shape index (κ1) is 39.3. The highest BCUT2D eigenvalue weighted by molar-refractivity contribution is 6.01. The highest BCUT2D eigenvalue weighted by Gasteiger charge is 2.70. The highest BCUT2D eigenvalue weighted by atomic mass is 16.5. The van der Waals surface area contributed by atoms with E-state index in [0.717, 1.165) is 56.9 Å². The Morgan fingerprint density at radius 1 is 0.943 bits per heavy atom. The number of carbonyl (C=O) groups excluding carboxylic acids is 3. The molecule has 5 aliphatic rings. The maximum atomic E-state index is 14.0. The van der Waals surface area contributed by atoms with E-state index < -0.39 is 22.8 Å². The minimum Gasteiger partial charge on any atom is -0.481 e. The Morgan fingerprint density at radius 2 is 1.62 bits per heavy atom. The second-order valence-corrected chi connectivity index (χ2v) is 19.7. The van der Waals surface area contributed by atoms with Gasteiger partial charge in [-0.25, -0.2) is 9.97 Å². The Morgan fingerprint density at radius 3 is 2.26 bits per heavy atom. The standard InChI is InChI=1S/C44H63N3O6/c1-26(2)35-29(48)24-44(19-16-33(49)47-27(3)37-45-22-11-23-46-37)21-20-42(9)28(36(35)44)12-13-31-41(8)17-15-32(53-34(50)25-39(4,5)38(51)52)40(6,7)30(41)14-18-43(31,42)10/h11,16,19,22-23,26-28,30-32H,12-15,17-18,20-21,24-25H2,1-10H3,(H,47,49)(H,51,52)/b19-16+/t27-,28+,30?,31?,32-,41-,42+,43+,44-/m0/s1. The Balaban J connectivity index is 1.27. The maximum Gasteiger partial charge on any atom is 0.309 e. The van der Waals surface area contributed by atoms with Gasteiger partial charge in [-0.15, -0.1) is 0 Å². The van der Waals surface area contributed by atoms with Crippen LogP contribution in [0.5, 0.6) is 0 Å². The molecular weight excluding hydrogens is 666 g/mol. The molecule has 0 spiro atoms. The van der Waals surface area contributed by atoms with Crippen LogP contribution in [0.3, 0.4) is 0 Å². The number of ether oxygens (including phenoxy) is 1. The number of aliphatic carboxylic acids is 1. The summed E-state index contributed by atoms with van der Waals surface area (Å²) >= 11 is 0. The number of carboxylic acid groups (broad SMARTS) is 1. The number of hydrogen-bond donors (Lipinski definition) is 2. The lowest BCUT2D eigenvalue weighted by molar-refractivity contribution is -0.232. The summed E-state index contributed by atoms with van der Waals surface area (Å²) in [6.45, 7) is 21.4. The predicted molar refractivity (Wildman–Crippen MR) is 203 cm³/mol. The maximum absolute atomic E-state index is 14.0. The van der Waals surface area contributed by atoms with E-state index in [4.69, 9.17) is 4.74 Å². The summed E-state index contributed by atoms with van der Waals surface area (Å²) in [5.74, 6) is 0.381. The Kier molecular flexibility index (Phi) is 9.97. The van der Waals surface area contributed by atoms with Crippen LogP contribution in [0.25, 0.3) is 0 Å². The average molecular weight is 730 g/mol. The number of aromatic nitrogens is 2. The number of esters is 1. The molecule has 9 heteroatoms. The van der Waals surface area contributed by atoms with Gasteiger partial charge < -0.3 is 15.2 Å². The van der Waals surface area contributed by atoms with Gasteiger partial charge in [-0.2, -0.15) is 0 Å². The van der Waals surface area contributed by atoms with Crippen molar-refractivity contribution in [2.75, 3.05) is 0 Å². The number of allylic oxidation sites excluding steroid dienone is 3. The number of carboxylic acids is 1. The van der Waals surface area contributed by atoms with E-state index in [1.54, 1.807) is 38.4 Å². The SMILES string of the molecule is CC(C)C1=C2[C@H]3CCC4[C@@]5(C)CC[C@H](OC(=O)CC(C)(C)C(=O)O)C(C)(C)C5CC[C@@]4(C)[C@]3(C)CC[C@@]2(/C=C/C(=O)N[C@@H](C)c2ncccn2)CC1=O. The van der Waals surface area contributed by atoms with Crippen molar-refractivity contribution >= 4 is 23.6 Å². The second kappa shape index (κ2) is 13.4. The highest BCUT2D eigenvalue weighted by Crippen LogP contribution is 2.77. The van der Waals surface area contributed by atoms with Crippen molar-refractivity contribution < 1.29 is 29.0 Å². The van der Waals surface area contributed by atoms with Crippen molar-refractivity contribution in [2.24, 2.45) is 56.2 Å². The van der Waals surface area contributed by atoms with Crippen molar-refractivity contribution in [2.45, 2.75) is 146 Å². The van der Waals surface area contributed by atoms with E-state index in [-0.39, 0.29) is 63.8 Å². The second-order valence-electron chi connectivity index (χ2n) is 19.7. The topological polar surface area (TPSA) is 136 Å². The lowest BCUT2D eigenvalue weighted by atomic mass is 9.33. The molecule has 0 saturated heterocycles. The molecule has 5 aliphatic carbocycles. The van der Waals surface area contributed by atoms with Crippen LogP contribution in [0.1, 0.15) is 145 Å². The molecule has 1 heterocycles. The van der Waals surface area contributed by atoms with Gasteiger partial charge in [0.25, 0.3) is 0 Å². The van der Waals surface area contributed by atoms with Gasteiger partial charge >= 0.3 is 11.9 Å². The number of rotatable bonds is 9. The van der Waals surface area contributed by atoms with E-state index >= 15 is 0 Å². The Labute approximate surface area is 316 Å². The summed E-state index contributed by atoms with van der Waals surface area (Å²) in [7, 11) is 0. The molecule has 53 heavy (non-hydrogen) atoms. The first-order valence-electron chi connectivity index (χ1n) is 20.1. The number of amides is 1. The van der Waals surface area contributed by atoms with Crippen molar-refractivity contribution in [3.63, 3.8) is 0 Å². The summed E-state index contributed by atoms with van der Waals surface area (Å²) in [5, 5.41) is 12.6. The predicted octanol–water partition coefficient (Wildman–Crippen LogP) is 8.60. The van der Waals surface area contributed by atoms with Crippen LogP contribution in [0, 0.1) is 56.2 Å². The van der Waals surface area contributed by atoms with E-state index in [0.29, 0.717) is 24.1 Å². The fourth-order valence-electron chi connectivity index (χ4n) is 12.8. The fourth-order valence-corrected chi connectivity index (χ4v) is 12.8. The first-order chi connectivity index (χ1) is 24.6. The van der Waals surface area contributed by atoms with E-state index in [1.165, 1.54) is 5.57 Å². The number of carbonyl (C=O) groups is 4. The molecule has 4 saturated carbocycles. The van der Waals surface area contributed by atoms with Gasteiger partial charge in [0.2, 0.25) is 5.91 Å². The molecule has 0 radical (unpaired) electrons. The van der Waals surface area contributed by atoms with Gasteiger partial charge in [-0.3, -0.25) is 19.2 Å². The van der Waals surface area contributed by atoms with E-state index in [2.05, 4.69) is 69.8 Å². The summed E-state index contributed by atoms with van der Waals surface area (Å²) in [4.78, 5) is 60.7. The third kappa shape index (κ3) is 6.30. The third-order valence-electron chi connectivity index (χ3n) is 15.7. The van der Waals surface area contributed by atoms with Crippen molar-refractivity contribution in [3.05, 3.63) is 47.6 Å². The molecule has 0 aromatic carbocycles. The quantitative estimate of drug-likeness (QED) is 0.191. The lowest BCUT2D eigenvalue weighted by Gasteiger charge is -2.72. The first-order valence-corrected chi connectivity index (χ1v) is 20.1. The Hall–Kier alpha value is -3.36. The zero-order valence-corrected chi connectivity index (χ0v) is 33.8. The van der Waals surface area contributed by atoms with Crippen LogP contribution < -0.4 is 5.32 Å². The molecule has 4 fully saturated rings. The summed E-state index contributed by atoms with van der Waals surface area (Å²) in [6.07, 6.45) is 14.9. The minimum atomic E-state index is -1.17. The van der Waals surface area contributed by atoms with Crippen LogP contribution in [0.4, 0.5) is 0 Å². The molecule has 2 unspecified atom stereocenters. The molecular formula is C44H63N3O6. The van der Waals surface area contributed by atoms with Gasteiger partial charge in [0.05, 0.1) is 17.9 Å². The molecule has 1 aromatic heterocycles. The van der Waals surface area contributed by atoms with Crippen molar-refractivity contribution in [1.82, 2.24) is 15.3 Å². The number of ketones is 1. The van der Waals surface area contributed by atoms with Crippen LogP contribution >= 0.6 is 0 Å². The normalized spacial score (nSPS) is 37.0. The number of hydrogen-bond acceptors (Lipinski definition) is 7. The monoisotopic (exact) mass is 729 g/mol. The number of nitrogens with zero attached hydrogens (tertiary/aromatic N) is 2. The number of nitrogens with one attached hydrogen (secondary N) is 1. The molecule has 290 valence electrons. The van der Waals surface area contributed by atoms with Gasteiger partial charge in [-0.1, -0.05) is 54.5 Å². The summed E-state index contributed by atoms with van der Waals surface area (Å²) < 4.78 is 6.16. The molecule has 1 aromatic rings. The van der Waals surface area contributed by atoms with Crippen LogP contribution in [0.15, 0.2) is 41.8 Å². The third-order valence-corrected chi connectivity index (χ3v) is 15.7. The van der Waals surface area contributed by atoms with Crippen LogP contribution in [-0.2, 0) is 23.9 Å². The molecule has 2 N–H and O–H groups in total. The molecule has 0 bridgehead atoms. The Bertz CT molecular complexity index is 1710. The molecule has 0 aliphatic heterocycles. The van der Waals surface area contributed by atoms with E-state index in [1.807, 2.05) is 6.92 Å². The number of fused-ring (bicyclic) bond motifs is 7. The molecule has 6 rings (SSSR count). The van der Waals surface area contributed by atoms with Crippen LogP contribution in [-0.4, -0.2) is 44.8 Å². The largest absolute Gasteiger partial charge is 0.481 e. The average Bonchev–Trinajstić information content (AvgIpc) is 3.38. The fraction of sp³-hybridized carbons (Fsp3) is 0.727. The lowest BCUT2D eigenvalue weighted by Crippen LogP contribution is -2.65. The summed E-state index contributed by atoms with van der Waals surface area (Å²) in [6, 6.07) is 1.42. The zero-order chi connectivity index (χ0) is 38.9. The smallest absolute Gasteiger partial charge is 0.309 e. The van der Waals surface area contributed by atoms with Crippen LogP contribution in [0.2, 0.25) is 0 Å². The van der Waals surface area contributed by atoms with Gasteiger partial charge in [0, 0.05) is 29.6 Å². The molecule has 9 atom stereocenters. The molecule has 9 nitrogen and oxygen atoms in total. The minimum absolute atomic E-state index is 0.0153. The molecule has 1 amide bonds.